The second-order valence-corrected chi connectivity index (χ2v) is 6.14. The number of carbonyl (C=O) groups is 2. The van der Waals surface area contributed by atoms with Gasteiger partial charge in [0, 0.05) is 19.1 Å². The van der Waals surface area contributed by atoms with Crippen LogP contribution in [0.5, 0.6) is 0 Å². The summed E-state index contributed by atoms with van der Waals surface area (Å²) in [5.74, 6) is -0.208. The van der Waals surface area contributed by atoms with Gasteiger partial charge in [-0.05, 0) is 36.4 Å². The standard InChI is InChI=1S/C15H17N3O3S.ClH/c16-10-3-6-18(7-4-10)15(20)11-5-9-22-14(11)17-13(19)12-2-1-8-21-12;/h1-2,5,8-10H,3-4,6-7,16H2,(H,17,19);1H. The summed E-state index contributed by atoms with van der Waals surface area (Å²) in [4.78, 5) is 26.4. The summed E-state index contributed by atoms with van der Waals surface area (Å²) >= 11 is 1.32. The Balaban J connectivity index is 0.00000192. The van der Waals surface area contributed by atoms with Gasteiger partial charge in [0.1, 0.15) is 5.00 Å². The van der Waals surface area contributed by atoms with Crippen LogP contribution >= 0.6 is 23.7 Å². The van der Waals surface area contributed by atoms with E-state index >= 15 is 0 Å². The highest BCUT2D eigenvalue weighted by Gasteiger charge is 2.25. The second-order valence-electron chi connectivity index (χ2n) is 5.22. The minimum absolute atomic E-state index is 0. The fourth-order valence-electron chi connectivity index (χ4n) is 2.42. The van der Waals surface area contributed by atoms with E-state index in [0.717, 1.165) is 12.8 Å². The molecule has 3 N–H and O–H groups in total. The average Bonchev–Trinajstić information content (AvgIpc) is 3.18. The number of piperidine rings is 1. The van der Waals surface area contributed by atoms with E-state index in [-0.39, 0.29) is 36.0 Å². The van der Waals surface area contributed by atoms with Crippen molar-refractivity contribution in [2.75, 3.05) is 18.4 Å². The number of hydrogen-bond acceptors (Lipinski definition) is 5. The zero-order chi connectivity index (χ0) is 15.5. The summed E-state index contributed by atoms with van der Waals surface area (Å²) in [6, 6.07) is 5.13. The molecule has 0 saturated carbocycles. The highest BCUT2D eigenvalue weighted by atomic mass is 35.5. The predicted octanol–water partition coefficient (Wildman–Crippen LogP) is 2.58. The summed E-state index contributed by atoms with van der Waals surface area (Å²) in [6.07, 6.45) is 3.06. The Morgan fingerprint density at radius 1 is 1.30 bits per heavy atom. The molecule has 2 aromatic heterocycles. The zero-order valence-corrected chi connectivity index (χ0v) is 14.0. The predicted molar refractivity (Wildman–Crippen MR) is 91.3 cm³/mol. The molecule has 23 heavy (non-hydrogen) atoms. The fourth-order valence-corrected chi connectivity index (χ4v) is 3.19. The quantitative estimate of drug-likeness (QED) is 0.885. The van der Waals surface area contributed by atoms with Crippen molar-refractivity contribution in [3.63, 3.8) is 0 Å². The number of thiophene rings is 1. The van der Waals surface area contributed by atoms with Gasteiger partial charge in [-0.15, -0.1) is 23.7 Å². The molecule has 124 valence electrons. The van der Waals surface area contributed by atoms with E-state index in [4.69, 9.17) is 10.2 Å². The highest BCUT2D eigenvalue weighted by Crippen LogP contribution is 2.26. The van der Waals surface area contributed by atoms with Crippen molar-refractivity contribution in [2.45, 2.75) is 18.9 Å². The van der Waals surface area contributed by atoms with Crippen LogP contribution < -0.4 is 11.1 Å². The van der Waals surface area contributed by atoms with Gasteiger partial charge in [-0.3, -0.25) is 9.59 Å². The minimum atomic E-state index is -0.359. The third kappa shape index (κ3) is 3.93. The van der Waals surface area contributed by atoms with Crippen LogP contribution in [-0.2, 0) is 0 Å². The lowest BCUT2D eigenvalue weighted by molar-refractivity contribution is 0.0716. The Kier molecular flexibility index (Phi) is 5.81. The van der Waals surface area contributed by atoms with Crippen LogP contribution in [0.3, 0.4) is 0 Å². The molecular formula is C15H18ClN3O3S. The zero-order valence-electron chi connectivity index (χ0n) is 12.4. The van der Waals surface area contributed by atoms with Gasteiger partial charge in [0.25, 0.3) is 11.8 Å². The molecule has 1 saturated heterocycles. The number of anilines is 1. The third-order valence-corrected chi connectivity index (χ3v) is 4.52. The molecule has 8 heteroatoms. The summed E-state index contributed by atoms with van der Waals surface area (Å²) in [5, 5.41) is 5.07. The van der Waals surface area contributed by atoms with E-state index in [9.17, 15) is 9.59 Å². The molecule has 3 heterocycles. The van der Waals surface area contributed by atoms with Crippen molar-refractivity contribution in [1.29, 1.82) is 0 Å². The number of nitrogens with two attached hydrogens (primary N) is 1. The van der Waals surface area contributed by atoms with E-state index in [1.165, 1.54) is 17.6 Å². The number of likely N-dealkylation sites (tertiary alicyclic amines) is 1. The average molecular weight is 356 g/mol. The van der Waals surface area contributed by atoms with E-state index in [0.29, 0.717) is 23.7 Å². The number of nitrogens with zero attached hydrogens (tertiary/aromatic N) is 1. The summed E-state index contributed by atoms with van der Waals surface area (Å²) in [7, 11) is 0. The van der Waals surface area contributed by atoms with Gasteiger partial charge < -0.3 is 20.4 Å². The number of rotatable bonds is 3. The van der Waals surface area contributed by atoms with Gasteiger partial charge in [0.2, 0.25) is 0 Å². The number of halogens is 1. The maximum atomic E-state index is 12.6. The van der Waals surface area contributed by atoms with Crippen LogP contribution in [0.1, 0.15) is 33.8 Å². The summed E-state index contributed by atoms with van der Waals surface area (Å²) in [5.41, 5.74) is 6.38. The molecular weight excluding hydrogens is 338 g/mol. The SMILES string of the molecule is Cl.NC1CCN(C(=O)c2ccsc2NC(=O)c2ccco2)CC1. The molecule has 6 nitrogen and oxygen atoms in total. The Morgan fingerprint density at radius 2 is 2.04 bits per heavy atom. The maximum absolute atomic E-state index is 12.6. The van der Waals surface area contributed by atoms with Gasteiger partial charge in [-0.1, -0.05) is 0 Å². The van der Waals surface area contributed by atoms with Crippen LogP contribution in [0, 0.1) is 0 Å². The maximum Gasteiger partial charge on any atom is 0.291 e. The summed E-state index contributed by atoms with van der Waals surface area (Å²) < 4.78 is 5.06. The van der Waals surface area contributed by atoms with Crippen molar-refractivity contribution in [3.8, 4) is 0 Å². The van der Waals surface area contributed by atoms with E-state index in [2.05, 4.69) is 5.32 Å². The number of furan rings is 1. The van der Waals surface area contributed by atoms with Crippen LogP contribution in [0.2, 0.25) is 0 Å². The molecule has 0 bridgehead atoms. The fraction of sp³-hybridized carbons (Fsp3) is 0.333. The highest BCUT2D eigenvalue weighted by molar-refractivity contribution is 7.14. The Bertz CT molecular complexity index is 663. The van der Waals surface area contributed by atoms with Crippen LogP contribution in [0.4, 0.5) is 5.00 Å². The molecule has 3 rings (SSSR count). The molecule has 0 radical (unpaired) electrons. The molecule has 2 aromatic rings. The van der Waals surface area contributed by atoms with E-state index in [1.807, 2.05) is 0 Å². The Labute approximate surface area is 144 Å². The van der Waals surface area contributed by atoms with Crippen molar-refractivity contribution in [2.24, 2.45) is 5.73 Å². The van der Waals surface area contributed by atoms with Crippen molar-refractivity contribution in [1.82, 2.24) is 4.90 Å². The molecule has 0 unspecified atom stereocenters. The monoisotopic (exact) mass is 355 g/mol. The molecule has 1 aliphatic rings. The van der Waals surface area contributed by atoms with Crippen molar-refractivity contribution in [3.05, 3.63) is 41.2 Å². The Morgan fingerprint density at radius 3 is 2.70 bits per heavy atom. The third-order valence-electron chi connectivity index (χ3n) is 3.69. The molecule has 0 atom stereocenters. The van der Waals surface area contributed by atoms with Crippen LogP contribution in [0.15, 0.2) is 34.3 Å². The van der Waals surface area contributed by atoms with Crippen molar-refractivity contribution >= 4 is 40.6 Å². The van der Waals surface area contributed by atoms with Gasteiger partial charge in [-0.2, -0.15) is 0 Å². The van der Waals surface area contributed by atoms with E-state index in [1.54, 1.807) is 28.5 Å². The van der Waals surface area contributed by atoms with Crippen LogP contribution in [0.25, 0.3) is 0 Å². The number of nitrogens with one attached hydrogen (secondary N) is 1. The van der Waals surface area contributed by atoms with Crippen molar-refractivity contribution < 1.29 is 14.0 Å². The van der Waals surface area contributed by atoms with Gasteiger partial charge in [0.15, 0.2) is 5.76 Å². The number of hydrogen-bond donors (Lipinski definition) is 2. The lowest BCUT2D eigenvalue weighted by Crippen LogP contribution is -2.42. The molecule has 2 amide bonds. The van der Waals surface area contributed by atoms with Gasteiger partial charge in [-0.25, -0.2) is 0 Å². The first kappa shape index (κ1) is 17.5. The first-order chi connectivity index (χ1) is 10.6. The lowest BCUT2D eigenvalue weighted by atomic mass is 10.1. The summed E-state index contributed by atoms with van der Waals surface area (Å²) in [6.45, 7) is 1.31. The lowest BCUT2D eigenvalue weighted by Gasteiger charge is -2.30. The molecule has 0 spiro atoms. The first-order valence-electron chi connectivity index (χ1n) is 7.12. The minimum Gasteiger partial charge on any atom is -0.459 e. The Hall–Kier alpha value is -1.83. The molecule has 0 aromatic carbocycles. The van der Waals surface area contributed by atoms with Gasteiger partial charge >= 0.3 is 0 Å². The first-order valence-corrected chi connectivity index (χ1v) is 8.00. The normalized spacial score (nSPS) is 15.1. The molecule has 1 aliphatic heterocycles. The second kappa shape index (κ2) is 7.63. The van der Waals surface area contributed by atoms with Crippen LogP contribution in [-0.4, -0.2) is 35.8 Å². The molecule has 1 fully saturated rings. The number of carbonyl (C=O) groups excluding carboxylic acids is 2. The smallest absolute Gasteiger partial charge is 0.291 e. The topological polar surface area (TPSA) is 88.6 Å². The largest absolute Gasteiger partial charge is 0.459 e. The molecule has 0 aliphatic carbocycles. The number of amides is 2. The van der Waals surface area contributed by atoms with Gasteiger partial charge in [0.05, 0.1) is 11.8 Å². The van der Waals surface area contributed by atoms with E-state index < -0.39 is 0 Å².